The summed E-state index contributed by atoms with van der Waals surface area (Å²) < 4.78 is 0. The van der Waals surface area contributed by atoms with Crippen molar-refractivity contribution in [2.24, 2.45) is 4.99 Å². The lowest BCUT2D eigenvalue weighted by atomic mass is 10.3. The summed E-state index contributed by atoms with van der Waals surface area (Å²) in [4.78, 5) is 16.5. The van der Waals surface area contributed by atoms with Crippen molar-refractivity contribution in [1.82, 2.24) is 25.4 Å². The second kappa shape index (κ2) is 11.6. The summed E-state index contributed by atoms with van der Waals surface area (Å²) in [5.41, 5.74) is 0. The van der Waals surface area contributed by atoms with Crippen molar-refractivity contribution in [3.63, 3.8) is 0 Å². The van der Waals surface area contributed by atoms with Gasteiger partial charge >= 0.3 is 0 Å². The van der Waals surface area contributed by atoms with Crippen LogP contribution >= 0.6 is 11.6 Å². The molecule has 0 amide bonds. The summed E-state index contributed by atoms with van der Waals surface area (Å²) in [6.07, 6.45) is 5.22. The summed E-state index contributed by atoms with van der Waals surface area (Å²) in [6, 6.07) is 4.13. The summed E-state index contributed by atoms with van der Waals surface area (Å²) in [7, 11) is 2.22. The molecule has 8 heteroatoms. The van der Waals surface area contributed by atoms with Crippen LogP contribution in [-0.4, -0.2) is 92.7 Å². The molecule has 0 aromatic carbocycles. The van der Waals surface area contributed by atoms with Crippen molar-refractivity contribution in [1.29, 1.82) is 0 Å². The van der Waals surface area contributed by atoms with E-state index in [0.717, 1.165) is 57.3 Å². The minimum atomic E-state index is 0.354. The number of guanidine groups is 1. The van der Waals surface area contributed by atoms with Crippen LogP contribution in [0.5, 0.6) is 0 Å². The fourth-order valence-electron chi connectivity index (χ4n) is 4.00. The van der Waals surface area contributed by atoms with E-state index in [4.69, 9.17) is 16.6 Å². The molecule has 2 aliphatic rings. The molecule has 0 saturated carbocycles. The number of anilines is 1. The van der Waals surface area contributed by atoms with Gasteiger partial charge in [-0.2, -0.15) is 0 Å². The Hall–Kier alpha value is -1.57. The number of nitrogens with one attached hydrogen (secondary N) is 2. The molecular weight excluding hydrogens is 386 g/mol. The third kappa shape index (κ3) is 7.01. The highest BCUT2D eigenvalue weighted by atomic mass is 35.5. The summed E-state index contributed by atoms with van der Waals surface area (Å²) in [6.45, 7) is 11.6. The van der Waals surface area contributed by atoms with E-state index < -0.39 is 0 Å². The van der Waals surface area contributed by atoms with Crippen LogP contribution in [0.25, 0.3) is 0 Å². The zero-order chi connectivity index (χ0) is 20.5. The summed E-state index contributed by atoms with van der Waals surface area (Å²) >= 11 is 6.31. The molecule has 3 heterocycles. The first-order valence-electron chi connectivity index (χ1n) is 11.0. The zero-order valence-electron chi connectivity index (χ0n) is 17.9. The van der Waals surface area contributed by atoms with Crippen molar-refractivity contribution >= 4 is 23.4 Å². The van der Waals surface area contributed by atoms with Gasteiger partial charge in [-0.25, -0.2) is 4.98 Å². The molecule has 2 saturated heterocycles. The SMILES string of the molecule is CCNC(=NCCCN1CCCN(C)CC1)NC1CCN(c2ncccc2Cl)C1. The Morgan fingerprint density at radius 2 is 2.17 bits per heavy atom. The van der Waals surface area contributed by atoms with Gasteiger partial charge in [-0.1, -0.05) is 11.6 Å². The highest BCUT2D eigenvalue weighted by molar-refractivity contribution is 6.32. The number of aliphatic imine (C=N–C) groups is 1. The molecule has 2 N–H and O–H groups in total. The largest absolute Gasteiger partial charge is 0.357 e. The van der Waals surface area contributed by atoms with Crippen LogP contribution in [0, 0.1) is 0 Å². The average Bonchev–Trinajstić information content (AvgIpc) is 3.07. The van der Waals surface area contributed by atoms with E-state index in [-0.39, 0.29) is 0 Å². The fraction of sp³-hybridized carbons (Fsp3) is 0.714. The predicted molar refractivity (Wildman–Crippen MR) is 122 cm³/mol. The van der Waals surface area contributed by atoms with E-state index >= 15 is 0 Å². The first-order valence-corrected chi connectivity index (χ1v) is 11.3. The Morgan fingerprint density at radius 1 is 1.28 bits per heavy atom. The topological polar surface area (TPSA) is 59.0 Å². The molecule has 0 spiro atoms. The Kier molecular flexibility index (Phi) is 8.83. The molecule has 1 aromatic rings. The third-order valence-corrected chi connectivity index (χ3v) is 5.92. The second-order valence-corrected chi connectivity index (χ2v) is 8.40. The highest BCUT2D eigenvalue weighted by Crippen LogP contribution is 2.25. The van der Waals surface area contributed by atoms with E-state index in [1.165, 1.54) is 32.6 Å². The first kappa shape index (κ1) is 22.1. The van der Waals surface area contributed by atoms with Crippen molar-refractivity contribution in [3.05, 3.63) is 23.4 Å². The number of hydrogen-bond donors (Lipinski definition) is 2. The molecule has 162 valence electrons. The molecule has 1 unspecified atom stereocenters. The second-order valence-electron chi connectivity index (χ2n) is 8.00. The van der Waals surface area contributed by atoms with Gasteiger partial charge in [0, 0.05) is 51.5 Å². The molecular formula is C21H36ClN7. The van der Waals surface area contributed by atoms with Crippen LogP contribution in [0.2, 0.25) is 5.02 Å². The smallest absolute Gasteiger partial charge is 0.191 e. The van der Waals surface area contributed by atoms with E-state index in [0.29, 0.717) is 11.1 Å². The fourth-order valence-corrected chi connectivity index (χ4v) is 4.24. The molecule has 7 nitrogen and oxygen atoms in total. The average molecular weight is 422 g/mol. The van der Waals surface area contributed by atoms with E-state index in [1.54, 1.807) is 6.20 Å². The number of hydrogen-bond acceptors (Lipinski definition) is 5. The molecule has 3 rings (SSSR count). The van der Waals surface area contributed by atoms with Gasteiger partial charge in [0.15, 0.2) is 5.96 Å². The van der Waals surface area contributed by atoms with Crippen molar-refractivity contribution < 1.29 is 0 Å². The minimum absolute atomic E-state index is 0.354. The first-order chi connectivity index (χ1) is 14.2. The van der Waals surface area contributed by atoms with E-state index in [9.17, 15) is 0 Å². The van der Waals surface area contributed by atoms with Crippen LogP contribution in [0.1, 0.15) is 26.2 Å². The van der Waals surface area contributed by atoms with Gasteiger partial charge in [-0.3, -0.25) is 4.99 Å². The van der Waals surface area contributed by atoms with Gasteiger partial charge in [0.25, 0.3) is 0 Å². The van der Waals surface area contributed by atoms with Crippen LogP contribution in [-0.2, 0) is 0 Å². The molecule has 29 heavy (non-hydrogen) atoms. The molecule has 0 aliphatic carbocycles. The molecule has 2 aliphatic heterocycles. The van der Waals surface area contributed by atoms with E-state index in [1.807, 2.05) is 12.1 Å². The number of halogens is 1. The monoisotopic (exact) mass is 421 g/mol. The van der Waals surface area contributed by atoms with Gasteiger partial charge < -0.3 is 25.3 Å². The number of pyridine rings is 1. The molecule has 2 fully saturated rings. The van der Waals surface area contributed by atoms with Crippen molar-refractivity contribution in [2.75, 3.05) is 70.9 Å². The summed E-state index contributed by atoms with van der Waals surface area (Å²) in [5, 5.41) is 7.70. The maximum absolute atomic E-state index is 6.31. The Bertz CT molecular complexity index is 654. The van der Waals surface area contributed by atoms with E-state index in [2.05, 4.69) is 44.3 Å². The highest BCUT2D eigenvalue weighted by Gasteiger charge is 2.25. The van der Waals surface area contributed by atoms with Crippen molar-refractivity contribution in [3.8, 4) is 0 Å². The Morgan fingerprint density at radius 3 is 3.00 bits per heavy atom. The molecule has 1 atom stereocenters. The maximum Gasteiger partial charge on any atom is 0.191 e. The van der Waals surface area contributed by atoms with Gasteiger partial charge in [0.1, 0.15) is 5.82 Å². The molecule has 1 aromatic heterocycles. The van der Waals surface area contributed by atoms with Gasteiger partial charge in [-0.05, 0) is 65.0 Å². The van der Waals surface area contributed by atoms with Gasteiger partial charge in [0.05, 0.1) is 5.02 Å². The Labute approximate surface area is 180 Å². The third-order valence-electron chi connectivity index (χ3n) is 5.63. The van der Waals surface area contributed by atoms with Gasteiger partial charge in [0.2, 0.25) is 0 Å². The number of aromatic nitrogens is 1. The quantitative estimate of drug-likeness (QED) is 0.398. The van der Waals surface area contributed by atoms with Crippen LogP contribution < -0.4 is 15.5 Å². The van der Waals surface area contributed by atoms with Crippen LogP contribution in [0.4, 0.5) is 5.82 Å². The molecule has 0 radical (unpaired) electrons. The van der Waals surface area contributed by atoms with Crippen molar-refractivity contribution in [2.45, 2.75) is 32.2 Å². The van der Waals surface area contributed by atoms with Gasteiger partial charge in [-0.15, -0.1) is 0 Å². The zero-order valence-corrected chi connectivity index (χ0v) is 18.7. The minimum Gasteiger partial charge on any atom is -0.357 e. The molecule has 0 bridgehead atoms. The standard InChI is InChI=1S/C21H36ClN7/c1-3-23-21(25-10-5-12-28-13-6-11-27(2)15-16-28)26-18-8-14-29(17-18)20-19(22)7-4-9-24-20/h4,7,9,18H,3,5-6,8,10-17H2,1-2H3,(H2,23,25,26). The predicted octanol–water partition coefficient (Wildman–Crippen LogP) is 1.90. The lowest BCUT2D eigenvalue weighted by Gasteiger charge is -2.21. The number of likely N-dealkylation sites (N-methyl/N-ethyl adjacent to an activating group) is 1. The lowest BCUT2D eigenvalue weighted by molar-refractivity contribution is 0.275. The van der Waals surface area contributed by atoms with Crippen LogP contribution in [0.3, 0.4) is 0 Å². The summed E-state index contributed by atoms with van der Waals surface area (Å²) in [5.74, 6) is 1.80. The number of rotatable bonds is 7. The number of nitrogens with zero attached hydrogens (tertiary/aromatic N) is 5. The lowest BCUT2D eigenvalue weighted by Crippen LogP contribution is -2.44. The normalized spacial score (nSPS) is 22.0. The maximum atomic E-state index is 6.31. The van der Waals surface area contributed by atoms with Crippen LogP contribution in [0.15, 0.2) is 23.3 Å². The Balaban J connectivity index is 1.44.